The van der Waals surface area contributed by atoms with E-state index in [1.807, 2.05) is 6.92 Å². The summed E-state index contributed by atoms with van der Waals surface area (Å²) in [7, 11) is 0. The van der Waals surface area contributed by atoms with Crippen molar-refractivity contribution >= 4 is 0 Å². The number of hydrogen-bond donors (Lipinski definition) is 2. The minimum absolute atomic E-state index is 0.126. The molecule has 0 aromatic heterocycles. The van der Waals surface area contributed by atoms with Gasteiger partial charge in [-0.25, -0.2) is 0 Å². The zero-order valence-corrected chi connectivity index (χ0v) is 7.67. The maximum atomic E-state index is 9.42. The van der Waals surface area contributed by atoms with Crippen LogP contribution in [0.1, 0.15) is 33.6 Å². The summed E-state index contributed by atoms with van der Waals surface area (Å²) in [4.78, 5) is 0. The lowest BCUT2D eigenvalue weighted by Gasteiger charge is -2.12. The highest BCUT2D eigenvalue weighted by Crippen LogP contribution is 2.18. The number of aliphatic hydroxyl groups excluding tert-OH is 1. The molecule has 0 saturated carbocycles. The average Bonchev–Trinajstić information content (AvgIpc) is 2.10. The fourth-order valence-electron chi connectivity index (χ4n) is 1.78. The predicted octanol–water partition coefficient (Wildman–Crippen LogP) is 1.14. The van der Waals surface area contributed by atoms with Crippen LogP contribution in [0.3, 0.4) is 0 Å². The Labute approximate surface area is 69.0 Å². The van der Waals surface area contributed by atoms with Gasteiger partial charge < -0.3 is 10.4 Å². The zero-order chi connectivity index (χ0) is 8.43. The van der Waals surface area contributed by atoms with Crippen LogP contribution in [0, 0.1) is 5.92 Å². The molecule has 0 amide bonds. The monoisotopic (exact) mass is 157 g/mol. The molecule has 3 atom stereocenters. The maximum Gasteiger partial charge on any atom is 0.0705 e. The molecule has 1 aliphatic heterocycles. The van der Waals surface area contributed by atoms with Crippen LogP contribution < -0.4 is 5.32 Å². The molecule has 11 heavy (non-hydrogen) atoms. The lowest BCUT2D eigenvalue weighted by atomic mass is 10.0. The minimum Gasteiger partial charge on any atom is -0.391 e. The van der Waals surface area contributed by atoms with Gasteiger partial charge in [0.1, 0.15) is 0 Å². The van der Waals surface area contributed by atoms with Gasteiger partial charge in [0.25, 0.3) is 0 Å². The van der Waals surface area contributed by atoms with Gasteiger partial charge in [0.05, 0.1) is 6.10 Å². The fourth-order valence-corrected chi connectivity index (χ4v) is 1.78. The summed E-state index contributed by atoms with van der Waals surface area (Å²) in [5, 5.41) is 12.8. The van der Waals surface area contributed by atoms with Gasteiger partial charge in [0.15, 0.2) is 0 Å². The second kappa shape index (κ2) is 3.55. The third kappa shape index (κ3) is 2.46. The van der Waals surface area contributed by atoms with Gasteiger partial charge in [-0.15, -0.1) is 0 Å². The molecule has 0 bridgehead atoms. The van der Waals surface area contributed by atoms with Gasteiger partial charge in [-0.1, -0.05) is 13.8 Å². The Morgan fingerprint density at radius 1 is 1.55 bits per heavy atom. The van der Waals surface area contributed by atoms with E-state index in [-0.39, 0.29) is 6.10 Å². The van der Waals surface area contributed by atoms with Crippen LogP contribution in [0.5, 0.6) is 0 Å². The number of rotatable bonds is 2. The summed E-state index contributed by atoms with van der Waals surface area (Å²) >= 11 is 0. The minimum atomic E-state index is -0.126. The molecular weight excluding hydrogens is 138 g/mol. The summed E-state index contributed by atoms with van der Waals surface area (Å²) in [5.41, 5.74) is 0. The van der Waals surface area contributed by atoms with E-state index < -0.39 is 0 Å². The van der Waals surface area contributed by atoms with Crippen molar-refractivity contribution in [3.05, 3.63) is 0 Å². The van der Waals surface area contributed by atoms with Crippen LogP contribution in [-0.4, -0.2) is 23.3 Å². The van der Waals surface area contributed by atoms with Crippen molar-refractivity contribution in [1.82, 2.24) is 5.32 Å². The molecule has 1 fully saturated rings. The Balaban J connectivity index is 2.29. The van der Waals surface area contributed by atoms with E-state index >= 15 is 0 Å². The van der Waals surface area contributed by atoms with Crippen molar-refractivity contribution in [3.63, 3.8) is 0 Å². The van der Waals surface area contributed by atoms with Crippen LogP contribution in [0.2, 0.25) is 0 Å². The first-order valence-corrected chi connectivity index (χ1v) is 4.53. The van der Waals surface area contributed by atoms with E-state index in [1.54, 1.807) is 0 Å². The van der Waals surface area contributed by atoms with Crippen molar-refractivity contribution < 1.29 is 5.11 Å². The van der Waals surface area contributed by atoms with Crippen molar-refractivity contribution in [3.8, 4) is 0 Å². The molecule has 0 spiro atoms. The molecular formula is C9H19NO. The lowest BCUT2D eigenvalue weighted by Crippen LogP contribution is -2.30. The maximum absolute atomic E-state index is 9.42. The molecule has 1 saturated heterocycles. The highest BCUT2D eigenvalue weighted by molar-refractivity contribution is 4.88. The van der Waals surface area contributed by atoms with Gasteiger partial charge in [-0.05, 0) is 25.7 Å². The second-order valence-corrected chi connectivity index (χ2v) is 4.08. The van der Waals surface area contributed by atoms with E-state index in [9.17, 15) is 5.11 Å². The fraction of sp³-hybridized carbons (Fsp3) is 1.00. The molecule has 0 radical (unpaired) electrons. The molecule has 0 aromatic rings. The summed E-state index contributed by atoms with van der Waals surface area (Å²) in [6.07, 6.45) is 1.99. The van der Waals surface area contributed by atoms with E-state index in [0.29, 0.717) is 12.1 Å². The smallest absolute Gasteiger partial charge is 0.0705 e. The Kier molecular flexibility index (Phi) is 2.90. The highest BCUT2D eigenvalue weighted by Gasteiger charge is 2.28. The van der Waals surface area contributed by atoms with Crippen LogP contribution >= 0.6 is 0 Å². The standard InChI is InChI=1S/C9H19NO/c1-6(2)4-8-5-9(11)7(3)10-8/h6-11H,4-5H2,1-3H3/t7-,8+,9-/m0/s1. The third-order valence-electron chi connectivity index (χ3n) is 2.36. The van der Waals surface area contributed by atoms with Gasteiger partial charge in [0.2, 0.25) is 0 Å². The topological polar surface area (TPSA) is 32.3 Å². The quantitative estimate of drug-likeness (QED) is 0.630. The largest absolute Gasteiger partial charge is 0.391 e. The molecule has 2 nitrogen and oxygen atoms in total. The van der Waals surface area contributed by atoms with E-state index in [1.165, 1.54) is 6.42 Å². The number of nitrogens with one attached hydrogen (secondary N) is 1. The van der Waals surface area contributed by atoms with Gasteiger partial charge in [0, 0.05) is 12.1 Å². The number of aliphatic hydroxyl groups is 1. The van der Waals surface area contributed by atoms with E-state index in [0.717, 1.165) is 12.3 Å². The number of hydrogen-bond acceptors (Lipinski definition) is 2. The first-order valence-electron chi connectivity index (χ1n) is 4.53. The van der Waals surface area contributed by atoms with Crippen LogP contribution in [0.15, 0.2) is 0 Å². The average molecular weight is 157 g/mol. The molecule has 1 aliphatic rings. The lowest BCUT2D eigenvalue weighted by molar-refractivity contribution is 0.164. The summed E-state index contributed by atoms with van der Waals surface area (Å²) in [6.45, 7) is 6.49. The zero-order valence-electron chi connectivity index (χ0n) is 7.67. The van der Waals surface area contributed by atoms with Crippen molar-refractivity contribution in [2.75, 3.05) is 0 Å². The first kappa shape index (κ1) is 9.01. The third-order valence-corrected chi connectivity index (χ3v) is 2.36. The van der Waals surface area contributed by atoms with Gasteiger partial charge in [-0.3, -0.25) is 0 Å². The molecule has 1 rings (SSSR count). The summed E-state index contributed by atoms with van der Waals surface area (Å²) in [6, 6.07) is 0.832. The summed E-state index contributed by atoms with van der Waals surface area (Å²) < 4.78 is 0. The van der Waals surface area contributed by atoms with Crippen molar-refractivity contribution in [1.29, 1.82) is 0 Å². The van der Waals surface area contributed by atoms with Gasteiger partial charge >= 0.3 is 0 Å². The molecule has 0 aliphatic carbocycles. The summed E-state index contributed by atoms with van der Waals surface area (Å²) in [5.74, 6) is 0.727. The second-order valence-electron chi connectivity index (χ2n) is 4.08. The molecule has 2 heteroatoms. The van der Waals surface area contributed by atoms with E-state index in [4.69, 9.17) is 0 Å². The van der Waals surface area contributed by atoms with Crippen molar-refractivity contribution in [2.24, 2.45) is 5.92 Å². The Morgan fingerprint density at radius 3 is 2.55 bits per heavy atom. The molecule has 0 unspecified atom stereocenters. The molecule has 66 valence electrons. The molecule has 0 aromatic carbocycles. The predicted molar refractivity (Wildman–Crippen MR) is 46.5 cm³/mol. The molecule has 1 heterocycles. The highest BCUT2D eigenvalue weighted by atomic mass is 16.3. The first-order chi connectivity index (χ1) is 5.09. The van der Waals surface area contributed by atoms with Crippen LogP contribution in [-0.2, 0) is 0 Å². The Bertz CT molecular complexity index is 112. The SMILES string of the molecule is CC(C)C[C@@H]1C[C@H](O)[C@H](C)N1. The Morgan fingerprint density at radius 2 is 2.18 bits per heavy atom. The normalized spacial score (nSPS) is 38.5. The van der Waals surface area contributed by atoms with Crippen LogP contribution in [0.4, 0.5) is 0 Å². The van der Waals surface area contributed by atoms with Crippen molar-refractivity contribution in [2.45, 2.75) is 51.8 Å². The molecule has 2 N–H and O–H groups in total. The van der Waals surface area contributed by atoms with Crippen LogP contribution in [0.25, 0.3) is 0 Å². The van der Waals surface area contributed by atoms with Gasteiger partial charge in [-0.2, -0.15) is 0 Å². The van der Waals surface area contributed by atoms with E-state index in [2.05, 4.69) is 19.2 Å². The Hall–Kier alpha value is -0.0800.